The van der Waals surface area contributed by atoms with Crippen LogP contribution in [0.2, 0.25) is 0 Å². The molecular weight excluding hydrogens is 250 g/mol. The summed E-state index contributed by atoms with van der Waals surface area (Å²) in [6.07, 6.45) is 0. The minimum atomic E-state index is -0.447. The van der Waals surface area contributed by atoms with Gasteiger partial charge in [0.1, 0.15) is 5.69 Å². The Bertz CT molecular complexity index is 467. The maximum atomic E-state index is 10.7. The van der Waals surface area contributed by atoms with Crippen molar-refractivity contribution in [2.75, 3.05) is 22.9 Å². The van der Waals surface area contributed by atoms with Crippen molar-refractivity contribution in [1.29, 1.82) is 0 Å². The van der Waals surface area contributed by atoms with Crippen LogP contribution in [-0.2, 0) is 0 Å². The molecule has 1 heterocycles. The molecule has 2 N–H and O–H groups in total. The average molecular weight is 267 g/mol. The summed E-state index contributed by atoms with van der Waals surface area (Å²) in [5.41, 5.74) is 6.92. The molecular formula is C12H17N3O2S. The first-order valence-electron chi connectivity index (χ1n) is 5.93. The van der Waals surface area contributed by atoms with Crippen LogP contribution in [0.4, 0.5) is 17.1 Å². The summed E-state index contributed by atoms with van der Waals surface area (Å²) in [4.78, 5) is 12.6. The van der Waals surface area contributed by atoms with Gasteiger partial charge >= 0.3 is 0 Å². The normalized spacial score (nSPS) is 24.0. The molecule has 2 atom stereocenters. The fraction of sp³-hybridized carbons (Fsp3) is 0.500. The van der Waals surface area contributed by atoms with Gasteiger partial charge in [-0.1, -0.05) is 6.92 Å². The van der Waals surface area contributed by atoms with Crippen molar-refractivity contribution in [3.63, 3.8) is 0 Å². The van der Waals surface area contributed by atoms with Gasteiger partial charge in [0.2, 0.25) is 0 Å². The highest BCUT2D eigenvalue weighted by Gasteiger charge is 2.26. The summed E-state index contributed by atoms with van der Waals surface area (Å²) in [7, 11) is 0. The number of hydrogen-bond donors (Lipinski definition) is 1. The van der Waals surface area contributed by atoms with E-state index >= 15 is 0 Å². The summed E-state index contributed by atoms with van der Waals surface area (Å²) in [6.45, 7) is 5.33. The van der Waals surface area contributed by atoms with E-state index in [1.165, 1.54) is 6.07 Å². The minimum absolute atomic E-state index is 0.0224. The molecule has 1 aromatic carbocycles. The van der Waals surface area contributed by atoms with Crippen molar-refractivity contribution in [2.45, 2.75) is 25.1 Å². The Morgan fingerprint density at radius 3 is 2.83 bits per heavy atom. The Kier molecular flexibility index (Phi) is 3.65. The van der Waals surface area contributed by atoms with Crippen LogP contribution in [0.5, 0.6) is 0 Å². The van der Waals surface area contributed by atoms with Gasteiger partial charge in [-0.25, -0.2) is 0 Å². The summed E-state index contributed by atoms with van der Waals surface area (Å²) < 4.78 is 0. The van der Waals surface area contributed by atoms with E-state index in [9.17, 15) is 10.1 Å². The second-order valence-electron chi connectivity index (χ2n) is 4.51. The van der Waals surface area contributed by atoms with E-state index in [0.717, 1.165) is 18.0 Å². The largest absolute Gasteiger partial charge is 0.393 e. The molecule has 0 amide bonds. The first kappa shape index (κ1) is 13.0. The van der Waals surface area contributed by atoms with E-state index in [0.29, 0.717) is 11.3 Å². The fourth-order valence-corrected chi connectivity index (χ4v) is 3.28. The molecule has 0 aliphatic carbocycles. The van der Waals surface area contributed by atoms with Crippen molar-refractivity contribution >= 4 is 28.8 Å². The molecule has 0 spiro atoms. The Balaban J connectivity index is 2.28. The number of nitrogens with zero attached hydrogens (tertiary/aromatic N) is 2. The Labute approximate surface area is 110 Å². The van der Waals surface area contributed by atoms with Crippen molar-refractivity contribution in [1.82, 2.24) is 0 Å². The van der Waals surface area contributed by atoms with Crippen LogP contribution in [0.1, 0.15) is 13.8 Å². The van der Waals surface area contributed by atoms with E-state index < -0.39 is 4.92 Å². The third-order valence-electron chi connectivity index (χ3n) is 3.42. The molecule has 0 radical (unpaired) electrons. The van der Waals surface area contributed by atoms with Crippen LogP contribution in [0, 0.1) is 10.1 Å². The van der Waals surface area contributed by atoms with Crippen molar-refractivity contribution in [3.8, 4) is 0 Å². The van der Waals surface area contributed by atoms with Gasteiger partial charge in [-0.3, -0.25) is 10.1 Å². The van der Waals surface area contributed by atoms with Gasteiger partial charge in [0.25, 0.3) is 5.69 Å². The molecule has 0 bridgehead atoms. The number of nitrogens with two attached hydrogens (primary N) is 1. The van der Waals surface area contributed by atoms with Crippen LogP contribution in [-0.4, -0.2) is 28.5 Å². The maximum absolute atomic E-state index is 10.7. The van der Waals surface area contributed by atoms with E-state index in [2.05, 4.69) is 18.7 Å². The first-order chi connectivity index (χ1) is 8.50. The molecule has 6 heteroatoms. The zero-order chi connectivity index (χ0) is 13.3. The highest BCUT2D eigenvalue weighted by molar-refractivity contribution is 8.00. The number of nitro groups is 1. The Morgan fingerprint density at radius 2 is 2.22 bits per heavy atom. The SMILES string of the molecule is CC1SCCN(c2ccc([N+](=O)[O-])c(N)c2)C1C. The summed E-state index contributed by atoms with van der Waals surface area (Å²) in [6, 6.07) is 5.39. The topological polar surface area (TPSA) is 72.4 Å². The number of rotatable bonds is 2. The highest BCUT2D eigenvalue weighted by Crippen LogP contribution is 2.32. The predicted octanol–water partition coefficient (Wildman–Crippen LogP) is 2.51. The van der Waals surface area contributed by atoms with Crippen LogP contribution in [0.25, 0.3) is 0 Å². The van der Waals surface area contributed by atoms with E-state index in [-0.39, 0.29) is 11.4 Å². The molecule has 1 aliphatic rings. The van der Waals surface area contributed by atoms with E-state index in [4.69, 9.17) is 5.73 Å². The lowest BCUT2D eigenvalue weighted by Gasteiger charge is -2.39. The van der Waals surface area contributed by atoms with Gasteiger partial charge in [-0.15, -0.1) is 0 Å². The van der Waals surface area contributed by atoms with Crippen molar-refractivity contribution in [3.05, 3.63) is 28.3 Å². The lowest BCUT2D eigenvalue weighted by atomic mass is 10.1. The molecule has 1 saturated heterocycles. The number of anilines is 2. The minimum Gasteiger partial charge on any atom is -0.393 e. The third kappa shape index (κ3) is 2.38. The van der Waals surface area contributed by atoms with Gasteiger partial charge in [-0.05, 0) is 19.1 Å². The van der Waals surface area contributed by atoms with Crippen LogP contribution >= 0.6 is 11.8 Å². The van der Waals surface area contributed by atoms with Gasteiger partial charge in [0.15, 0.2) is 0 Å². The number of nitrogen functional groups attached to an aromatic ring is 1. The van der Waals surface area contributed by atoms with Crippen LogP contribution in [0.3, 0.4) is 0 Å². The summed E-state index contributed by atoms with van der Waals surface area (Å²) in [5.74, 6) is 1.07. The zero-order valence-corrected chi connectivity index (χ0v) is 11.3. The van der Waals surface area contributed by atoms with Crippen LogP contribution < -0.4 is 10.6 Å². The number of hydrogen-bond acceptors (Lipinski definition) is 5. The fourth-order valence-electron chi connectivity index (χ4n) is 2.18. The summed E-state index contributed by atoms with van der Waals surface area (Å²) >= 11 is 1.96. The number of nitro benzene ring substituents is 1. The number of thioether (sulfide) groups is 1. The number of benzene rings is 1. The lowest BCUT2D eigenvalue weighted by Crippen LogP contribution is -2.44. The van der Waals surface area contributed by atoms with Gasteiger partial charge in [0.05, 0.1) is 4.92 Å². The quantitative estimate of drug-likeness (QED) is 0.506. The zero-order valence-electron chi connectivity index (χ0n) is 10.5. The average Bonchev–Trinajstić information content (AvgIpc) is 2.32. The molecule has 2 rings (SSSR count). The van der Waals surface area contributed by atoms with Gasteiger partial charge < -0.3 is 10.6 Å². The molecule has 1 fully saturated rings. The molecule has 18 heavy (non-hydrogen) atoms. The summed E-state index contributed by atoms with van der Waals surface area (Å²) in [5, 5.41) is 11.3. The predicted molar refractivity (Wildman–Crippen MR) is 76.2 cm³/mol. The lowest BCUT2D eigenvalue weighted by molar-refractivity contribution is -0.383. The Morgan fingerprint density at radius 1 is 1.50 bits per heavy atom. The monoisotopic (exact) mass is 267 g/mol. The third-order valence-corrected chi connectivity index (χ3v) is 4.76. The molecule has 2 unspecified atom stereocenters. The van der Waals surface area contributed by atoms with Crippen LogP contribution in [0.15, 0.2) is 18.2 Å². The molecule has 1 aliphatic heterocycles. The molecule has 5 nitrogen and oxygen atoms in total. The highest BCUT2D eigenvalue weighted by atomic mass is 32.2. The van der Waals surface area contributed by atoms with Crippen molar-refractivity contribution < 1.29 is 4.92 Å². The van der Waals surface area contributed by atoms with Gasteiger partial charge in [0, 0.05) is 35.3 Å². The standard InChI is InChI=1S/C12H17N3O2S/c1-8-9(2)18-6-5-14(8)10-3-4-12(15(16)17)11(13)7-10/h3-4,7-9H,5-6,13H2,1-2H3. The molecule has 98 valence electrons. The second-order valence-corrected chi connectivity index (χ2v) is 6.00. The smallest absolute Gasteiger partial charge is 0.292 e. The second kappa shape index (κ2) is 5.06. The molecule has 1 aromatic rings. The Hall–Kier alpha value is -1.43. The van der Waals surface area contributed by atoms with Gasteiger partial charge in [-0.2, -0.15) is 11.8 Å². The maximum Gasteiger partial charge on any atom is 0.292 e. The molecule has 0 saturated carbocycles. The molecule has 0 aromatic heterocycles. The van der Waals surface area contributed by atoms with E-state index in [1.54, 1.807) is 12.1 Å². The first-order valence-corrected chi connectivity index (χ1v) is 6.97. The van der Waals surface area contributed by atoms with E-state index in [1.807, 2.05) is 11.8 Å². The van der Waals surface area contributed by atoms with Crippen molar-refractivity contribution in [2.24, 2.45) is 0 Å².